The van der Waals surface area contributed by atoms with Gasteiger partial charge in [0, 0.05) is 0 Å². The molecule has 34 heavy (non-hydrogen) atoms. The number of aryl methyl sites for hydroxylation is 1. The second-order valence-corrected chi connectivity index (χ2v) is 11.0. The van der Waals surface area contributed by atoms with Crippen molar-refractivity contribution in [1.29, 1.82) is 5.26 Å². The molecule has 2 fully saturated rings. The van der Waals surface area contributed by atoms with E-state index < -0.39 is 5.83 Å². The van der Waals surface area contributed by atoms with Crippen molar-refractivity contribution in [3.63, 3.8) is 0 Å². The van der Waals surface area contributed by atoms with Crippen LogP contribution >= 0.6 is 0 Å². The van der Waals surface area contributed by atoms with Crippen LogP contribution in [0.3, 0.4) is 0 Å². The first-order valence-corrected chi connectivity index (χ1v) is 14.1. The average molecular weight is 464 g/mol. The van der Waals surface area contributed by atoms with Crippen molar-refractivity contribution in [3.05, 3.63) is 59.4 Å². The Balaban J connectivity index is 1.36. The monoisotopic (exact) mass is 463 g/mol. The van der Waals surface area contributed by atoms with Crippen LogP contribution in [0, 0.1) is 29.1 Å². The van der Waals surface area contributed by atoms with Crippen molar-refractivity contribution >= 4 is 0 Å². The quantitative estimate of drug-likeness (QED) is 0.172. The average Bonchev–Trinajstić information content (AvgIpc) is 2.89. The molecule has 0 aliphatic heterocycles. The second-order valence-electron chi connectivity index (χ2n) is 11.0. The summed E-state index contributed by atoms with van der Waals surface area (Å²) >= 11 is 0. The number of benzene rings is 1. The zero-order valence-electron chi connectivity index (χ0n) is 21.5. The zero-order chi connectivity index (χ0) is 24.2. The maximum atomic E-state index is 13.0. The Hall–Kier alpha value is -1.88. The molecule has 0 atom stereocenters. The number of halogens is 1. The summed E-state index contributed by atoms with van der Waals surface area (Å²) in [5.41, 5.74) is 4.57. The molecule has 0 saturated heterocycles. The van der Waals surface area contributed by atoms with Gasteiger partial charge in [0.1, 0.15) is 6.07 Å². The maximum absolute atomic E-state index is 13.0. The van der Waals surface area contributed by atoms with Crippen molar-refractivity contribution < 1.29 is 4.39 Å². The minimum atomic E-state index is -0.633. The predicted octanol–water partition coefficient (Wildman–Crippen LogP) is 9.99. The first kappa shape index (κ1) is 26.7. The Labute approximate surface area is 208 Å². The Bertz CT molecular complexity index is 798. The van der Waals surface area contributed by atoms with Crippen LogP contribution in [-0.4, -0.2) is 0 Å². The van der Waals surface area contributed by atoms with Gasteiger partial charge in [-0.15, -0.1) is 0 Å². The second kappa shape index (κ2) is 14.5. The molecule has 0 radical (unpaired) electrons. The molecular formula is C32H46FN. The van der Waals surface area contributed by atoms with Crippen LogP contribution in [0.25, 0.3) is 0 Å². The highest BCUT2D eigenvalue weighted by Crippen LogP contribution is 2.44. The van der Waals surface area contributed by atoms with Gasteiger partial charge in [-0.25, -0.2) is 0 Å². The third kappa shape index (κ3) is 8.41. The van der Waals surface area contributed by atoms with Gasteiger partial charge in [-0.2, -0.15) is 9.65 Å². The third-order valence-electron chi connectivity index (χ3n) is 8.65. The summed E-state index contributed by atoms with van der Waals surface area (Å²) in [4.78, 5) is 0. The number of unbranched alkanes of at least 4 members (excludes halogenated alkanes) is 4. The summed E-state index contributed by atoms with van der Waals surface area (Å²) in [6.45, 7) is 6.86. The first-order valence-electron chi connectivity index (χ1n) is 14.1. The number of nitriles is 1. The van der Waals surface area contributed by atoms with Gasteiger partial charge in [-0.3, -0.25) is 0 Å². The third-order valence-corrected chi connectivity index (χ3v) is 8.65. The van der Waals surface area contributed by atoms with Gasteiger partial charge >= 0.3 is 0 Å². The Morgan fingerprint density at radius 3 is 2.18 bits per heavy atom. The SMILES string of the molecule is C=C(C1CCC(CC/C=C(\F)C#N)CC1)C1CCC(c2ccc(CCCCCCC)cc2)CC1. The fraction of sp³-hybridized carbons (Fsp3) is 0.656. The summed E-state index contributed by atoms with van der Waals surface area (Å²) in [6, 6.07) is 11.1. The molecule has 1 nitrogen and oxygen atoms in total. The lowest BCUT2D eigenvalue weighted by Gasteiger charge is -2.36. The highest BCUT2D eigenvalue weighted by atomic mass is 19.1. The van der Waals surface area contributed by atoms with Crippen molar-refractivity contribution in [1.82, 2.24) is 0 Å². The molecule has 0 N–H and O–H groups in total. The minimum absolute atomic E-state index is 0.633. The van der Waals surface area contributed by atoms with Gasteiger partial charge in [-0.05, 0) is 118 Å². The maximum Gasteiger partial charge on any atom is 0.196 e. The minimum Gasteiger partial charge on any atom is -0.195 e. The lowest BCUT2D eigenvalue weighted by Crippen LogP contribution is -2.22. The van der Waals surface area contributed by atoms with E-state index in [-0.39, 0.29) is 0 Å². The predicted molar refractivity (Wildman–Crippen MR) is 142 cm³/mol. The summed E-state index contributed by atoms with van der Waals surface area (Å²) in [6.07, 6.45) is 21.3. The fourth-order valence-corrected chi connectivity index (χ4v) is 6.33. The Morgan fingerprint density at radius 2 is 1.56 bits per heavy atom. The lowest BCUT2D eigenvalue weighted by atomic mass is 9.69. The van der Waals surface area contributed by atoms with Gasteiger partial charge in [0.25, 0.3) is 0 Å². The van der Waals surface area contributed by atoms with Crippen molar-refractivity contribution in [2.24, 2.45) is 17.8 Å². The summed E-state index contributed by atoms with van der Waals surface area (Å²) in [7, 11) is 0. The van der Waals surface area contributed by atoms with E-state index in [1.54, 1.807) is 11.6 Å². The smallest absolute Gasteiger partial charge is 0.195 e. The molecule has 2 aliphatic carbocycles. The van der Waals surface area contributed by atoms with Crippen LogP contribution in [0.2, 0.25) is 0 Å². The van der Waals surface area contributed by atoms with Gasteiger partial charge in [-0.1, -0.05) is 69.0 Å². The van der Waals surface area contributed by atoms with E-state index in [9.17, 15) is 4.39 Å². The van der Waals surface area contributed by atoms with Crippen LogP contribution in [0.15, 0.2) is 48.3 Å². The standard InChI is InChI=1S/C32H46FN/c1-3-4-5-6-7-9-26-14-18-30(19-15-26)31-22-20-29(21-23-31)25(2)28-16-12-27(13-17-28)10-8-11-32(33)24-34/h11,14-15,18-19,27-29,31H,2-10,12-13,16-17,20-23H2,1H3/b32-11-. The molecule has 0 unspecified atom stereocenters. The topological polar surface area (TPSA) is 23.8 Å². The van der Waals surface area contributed by atoms with E-state index in [0.717, 1.165) is 12.3 Å². The highest BCUT2D eigenvalue weighted by molar-refractivity contribution is 5.26. The fourth-order valence-electron chi connectivity index (χ4n) is 6.33. The zero-order valence-corrected chi connectivity index (χ0v) is 21.5. The van der Waals surface area contributed by atoms with E-state index in [2.05, 4.69) is 37.8 Å². The Kier molecular flexibility index (Phi) is 11.4. The van der Waals surface area contributed by atoms with Crippen LogP contribution in [0.1, 0.15) is 120 Å². The van der Waals surface area contributed by atoms with Crippen LogP contribution in [0.4, 0.5) is 4.39 Å². The van der Waals surface area contributed by atoms with Crippen molar-refractivity contribution in [3.8, 4) is 6.07 Å². The molecule has 2 aliphatic rings. The molecule has 0 amide bonds. The van der Waals surface area contributed by atoms with Crippen LogP contribution in [0.5, 0.6) is 0 Å². The van der Waals surface area contributed by atoms with Gasteiger partial charge in [0.2, 0.25) is 0 Å². The number of nitrogens with zero attached hydrogens (tertiary/aromatic N) is 1. The molecule has 1 aromatic rings. The van der Waals surface area contributed by atoms with Crippen molar-refractivity contribution in [2.75, 3.05) is 0 Å². The number of allylic oxidation sites excluding steroid dienone is 3. The first-order chi connectivity index (χ1) is 16.6. The largest absolute Gasteiger partial charge is 0.196 e. The highest BCUT2D eigenvalue weighted by Gasteiger charge is 2.29. The van der Waals surface area contributed by atoms with E-state index in [4.69, 9.17) is 5.26 Å². The van der Waals surface area contributed by atoms with E-state index in [0.29, 0.717) is 24.2 Å². The van der Waals surface area contributed by atoms with Crippen LogP contribution < -0.4 is 0 Å². The molecule has 0 spiro atoms. The van der Waals surface area contributed by atoms with E-state index in [1.807, 2.05) is 0 Å². The summed E-state index contributed by atoms with van der Waals surface area (Å²) in [5, 5.41) is 8.53. The van der Waals surface area contributed by atoms with Crippen LogP contribution in [-0.2, 0) is 6.42 Å². The van der Waals surface area contributed by atoms with Gasteiger partial charge in [0.15, 0.2) is 5.83 Å². The molecule has 0 heterocycles. The molecule has 3 rings (SSSR count). The van der Waals surface area contributed by atoms with Gasteiger partial charge < -0.3 is 0 Å². The van der Waals surface area contributed by atoms with Gasteiger partial charge in [0.05, 0.1) is 0 Å². The molecule has 0 bridgehead atoms. The molecule has 0 aromatic heterocycles. The summed E-state index contributed by atoms with van der Waals surface area (Å²) in [5.74, 6) is 2.15. The molecule has 2 heteroatoms. The normalized spacial score (nSPS) is 25.6. The molecule has 2 saturated carbocycles. The number of hydrogen-bond donors (Lipinski definition) is 0. The summed E-state index contributed by atoms with van der Waals surface area (Å²) < 4.78 is 13.0. The number of hydrogen-bond acceptors (Lipinski definition) is 1. The molecule has 1 aromatic carbocycles. The Morgan fingerprint density at radius 1 is 0.941 bits per heavy atom. The van der Waals surface area contributed by atoms with Crippen molar-refractivity contribution in [2.45, 2.75) is 116 Å². The van der Waals surface area contributed by atoms with E-state index in [1.165, 1.54) is 107 Å². The molecule has 186 valence electrons. The molecular weight excluding hydrogens is 417 g/mol. The van der Waals surface area contributed by atoms with E-state index >= 15 is 0 Å². The number of rotatable bonds is 12. The lowest BCUT2D eigenvalue weighted by molar-refractivity contribution is 0.260.